The minimum Gasteiger partial charge on any atom is -0.398 e. The molecule has 0 radical (unpaired) electrons. The van der Waals surface area contributed by atoms with Gasteiger partial charge in [-0.3, -0.25) is 0 Å². The van der Waals surface area contributed by atoms with Gasteiger partial charge >= 0.3 is 7.12 Å². The van der Waals surface area contributed by atoms with Gasteiger partial charge in [-0.1, -0.05) is 0 Å². The quantitative estimate of drug-likeness (QED) is 0.695. The Hall–Kier alpha value is -0.855. The van der Waals surface area contributed by atoms with Crippen molar-refractivity contribution < 1.29 is 13.7 Å². The summed E-state index contributed by atoms with van der Waals surface area (Å²) < 4.78 is 25.0. The van der Waals surface area contributed by atoms with Gasteiger partial charge in [0.15, 0.2) is 0 Å². The summed E-state index contributed by atoms with van der Waals surface area (Å²) in [6.07, 6.45) is 1.25. The van der Waals surface area contributed by atoms with Crippen LogP contribution in [0.25, 0.3) is 0 Å². The number of nitriles is 1. The number of hydrogen-bond donors (Lipinski definition) is 0. The standard InChI is InChI=1S/C12H19BFNO2/c1-10(2,8-15)7-9(14)13-16-11(3,4)12(5,6)17-13/h7H,1-6H3. The average molecular weight is 239 g/mol. The predicted molar refractivity (Wildman–Crippen MR) is 64.7 cm³/mol. The van der Waals surface area contributed by atoms with Gasteiger partial charge in [0.05, 0.1) is 22.7 Å². The molecule has 0 aromatic rings. The van der Waals surface area contributed by atoms with E-state index in [9.17, 15) is 4.39 Å². The zero-order valence-corrected chi connectivity index (χ0v) is 11.3. The van der Waals surface area contributed by atoms with Gasteiger partial charge in [-0.15, -0.1) is 0 Å². The Kier molecular flexibility index (Phi) is 3.44. The summed E-state index contributed by atoms with van der Waals surface area (Å²) in [5.41, 5.74) is -2.55. The molecule has 0 bridgehead atoms. The molecule has 17 heavy (non-hydrogen) atoms. The van der Waals surface area contributed by atoms with Crippen LogP contribution < -0.4 is 0 Å². The number of hydrogen-bond acceptors (Lipinski definition) is 3. The van der Waals surface area contributed by atoms with E-state index in [1.165, 1.54) is 6.08 Å². The monoisotopic (exact) mass is 239 g/mol. The predicted octanol–water partition coefficient (Wildman–Crippen LogP) is 3.02. The minimum atomic E-state index is -1.02. The molecule has 1 aliphatic rings. The summed E-state index contributed by atoms with van der Waals surface area (Å²) in [4.78, 5) is 0. The normalized spacial score (nSPS) is 23.6. The van der Waals surface area contributed by atoms with Crippen molar-refractivity contribution in [2.75, 3.05) is 0 Å². The van der Waals surface area contributed by atoms with E-state index in [1.807, 2.05) is 33.8 Å². The Morgan fingerprint density at radius 1 is 1.24 bits per heavy atom. The van der Waals surface area contributed by atoms with Crippen molar-refractivity contribution in [3.63, 3.8) is 0 Å². The summed E-state index contributed by atoms with van der Waals surface area (Å²) in [7, 11) is -1.02. The van der Waals surface area contributed by atoms with Gasteiger partial charge in [0.1, 0.15) is 5.73 Å². The fourth-order valence-electron chi connectivity index (χ4n) is 1.40. The van der Waals surface area contributed by atoms with E-state index in [0.29, 0.717) is 0 Å². The first-order chi connectivity index (χ1) is 7.51. The molecule has 0 N–H and O–H groups in total. The number of rotatable bonds is 2. The van der Waals surface area contributed by atoms with E-state index in [0.717, 1.165) is 0 Å². The summed E-state index contributed by atoms with van der Waals surface area (Å²) in [5, 5.41) is 8.85. The van der Waals surface area contributed by atoms with Crippen LogP contribution in [0.1, 0.15) is 41.5 Å². The molecule has 0 aliphatic carbocycles. The molecule has 0 atom stereocenters. The molecular formula is C12H19BFNO2. The fraction of sp³-hybridized carbons (Fsp3) is 0.750. The number of allylic oxidation sites excluding steroid dienone is 1. The highest BCUT2D eigenvalue weighted by atomic mass is 19.1. The van der Waals surface area contributed by atoms with Crippen LogP contribution in [0.2, 0.25) is 0 Å². The van der Waals surface area contributed by atoms with Crippen molar-refractivity contribution >= 4 is 7.12 Å². The van der Waals surface area contributed by atoms with Gasteiger partial charge < -0.3 is 9.31 Å². The van der Waals surface area contributed by atoms with Crippen LogP contribution in [0, 0.1) is 16.7 Å². The van der Waals surface area contributed by atoms with Crippen LogP contribution in [0.3, 0.4) is 0 Å². The summed E-state index contributed by atoms with van der Waals surface area (Å²) in [5.74, 6) is 0. The lowest BCUT2D eigenvalue weighted by atomic mass is 9.82. The SMILES string of the molecule is CC(C)(C#N)C=C(F)B1OC(C)(C)C(C)(C)O1. The molecule has 1 rings (SSSR count). The Labute approximate surface area is 103 Å². The molecule has 0 spiro atoms. The van der Waals surface area contributed by atoms with Crippen LogP contribution >= 0.6 is 0 Å². The van der Waals surface area contributed by atoms with E-state index in [-0.39, 0.29) is 0 Å². The first-order valence-electron chi connectivity index (χ1n) is 5.66. The van der Waals surface area contributed by atoms with Gasteiger partial charge in [0.25, 0.3) is 0 Å². The zero-order valence-electron chi connectivity index (χ0n) is 11.3. The van der Waals surface area contributed by atoms with Crippen molar-refractivity contribution in [1.82, 2.24) is 0 Å². The molecule has 1 heterocycles. The average Bonchev–Trinajstić information content (AvgIpc) is 2.36. The van der Waals surface area contributed by atoms with Crippen molar-refractivity contribution in [3.8, 4) is 6.07 Å². The van der Waals surface area contributed by atoms with Crippen molar-refractivity contribution in [3.05, 3.63) is 11.8 Å². The topological polar surface area (TPSA) is 42.2 Å². The summed E-state index contributed by atoms with van der Waals surface area (Å²) >= 11 is 0. The molecule has 0 amide bonds. The molecule has 0 unspecified atom stereocenters. The van der Waals surface area contributed by atoms with E-state index in [1.54, 1.807) is 13.8 Å². The van der Waals surface area contributed by atoms with Gasteiger partial charge in [0, 0.05) is 0 Å². The molecule has 0 saturated carbocycles. The van der Waals surface area contributed by atoms with Gasteiger partial charge in [0.2, 0.25) is 0 Å². The maximum atomic E-state index is 13.9. The van der Waals surface area contributed by atoms with E-state index >= 15 is 0 Å². The zero-order chi connectivity index (χ0) is 13.5. The minimum absolute atomic E-state index is 0.546. The number of nitrogens with zero attached hydrogens (tertiary/aromatic N) is 1. The molecule has 3 nitrogen and oxygen atoms in total. The van der Waals surface area contributed by atoms with Gasteiger partial charge in [-0.05, 0) is 47.6 Å². The van der Waals surface area contributed by atoms with Crippen LogP contribution in [-0.4, -0.2) is 18.3 Å². The summed E-state index contributed by atoms with van der Waals surface area (Å²) in [6.45, 7) is 10.7. The van der Waals surface area contributed by atoms with Crippen molar-refractivity contribution in [2.24, 2.45) is 5.41 Å². The van der Waals surface area contributed by atoms with E-state index in [2.05, 4.69) is 0 Å². The highest BCUT2D eigenvalue weighted by Gasteiger charge is 2.53. The molecule has 0 aromatic carbocycles. The second-order valence-corrected chi connectivity index (χ2v) is 5.95. The Morgan fingerprint density at radius 3 is 2.00 bits per heavy atom. The Bertz CT molecular complexity index is 366. The molecule has 1 saturated heterocycles. The molecule has 1 aliphatic heterocycles. The smallest absolute Gasteiger partial charge is 0.398 e. The molecule has 94 valence electrons. The first-order valence-corrected chi connectivity index (χ1v) is 5.66. The highest BCUT2D eigenvalue weighted by molar-refractivity contribution is 6.53. The van der Waals surface area contributed by atoms with Gasteiger partial charge in [-0.2, -0.15) is 5.26 Å². The summed E-state index contributed by atoms with van der Waals surface area (Å²) in [6, 6.07) is 2.01. The largest absolute Gasteiger partial charge is 0.524 e. The van der Waals surface area contributed by atoms with Crippen molar-refractivity contribution in [2.45, 2.75) is 52.7 Å². The van der Waals surface area contributed by atoms with Crippen molar-refractivity contribution in [1.29, 1.82) is 5.26 Å². The second-order valence-electron chi connectivity index (χ2n) is 5.95. The van der Waals surface area contributed by atoms with E-state index < -0.39 is 29.5 Å². The lowest BCUT2D eigenvalue weighted by Crippen LogP contribution is -2.41. The second kappa shape index (κ2) is 4.11. The third-order valence-corrected chi connectivity index (χ3v) is 3.27. The highest BCUT2D eigenvalue weighted by Crippen LogP contribution is 2.39. The molecule has 0 aromatic heterocycles. The first kappa shape index (κ1) is 14.2. The fourth-order valence-corrected chi connectivity index (χ4v) is 1.40. The van der Waals surface area contributed by atoms with E-state index in [4.69, 9.17) is 14.6 Å². The maximum Gasteiger partial charge on any atom is 0.524 e. The lowest BCUT2D eigenvalue weighted by Gasteiger charge is -2.32. The molecule has 5 heteroatoms. The molecular weight excluding hydrogens is 220 g/mol. The van der Waals surface area contributed by atoms with Crippen LogP contribution in [0.5, 0.6) is 0 Å². The van der Waals surface area contributed by atoms with Crippen LogP contribution in [0.4, 0.5) is 4.39 Å². The van der Waals surface area contributed by atoms with Crippen LogP contribution in [-0.2, 0) is 9.31 Å². The number of halogens is 1. The third kappa shape index (κ3) is 2.88. The Morgan fingerprint density at radius 2 is 1.65 bits per heavy atom. The van der Waals surface area contributed by atoms with Gasteiger partial charge in [-0.25, -0.2) is 4.39 Å². The third-order valence-electron chi connectivity index (χ3n) is 3.27. The van der Waals surface area contributed by atoms with Crippen LogP contribution in [0.15, 0.2) is 11.8 Å². The lowest BCUT2D eigenvalue weighted by molar-refractivity contribution is 0.00578. The Balaban J connectivity index is 2.90. The molecule has 1 fully saturated rings. The maximum absolute atomic E-state index is 13.9.